The Morgan fingerprint density at radius 3 is 1.67 bits per heavy atom. The van der Waals surface area contributed by atoms with Crippen LogP contribution in [0.2, 0.25) is 69.5 Å². The lowest BCUT2D eigenvalue weighted by atomic mass is 10.2. The van der Waals surface area contributed by atoms with E-state index < -0.39 is 24.5 Å². The van der Waals surface area contributed by atoms with Crippen molar-refractivity contribution in [3.63, 3.8) is 0 Å². The number of nitrogens with two attached hydrogens (primary N) is 1. The minimum absolute atomic E-state index is 0.123. The van der Waals surface area contributed by atoms with Gasteiger partial charge in [-0.05, 0) is 36.6 Å². The summed E-state index contributed by atoms with van der Waals surface area (Å²) in [5.41, 5.74) is 8.04. The van der Waals surface area contributed by atoms with Gasteiger partial charge in [0.2, 0.25) is 0 Å². The summed E-state index contributed by atoms with van der Waals surface area (Å²) in [5, 5.41) is 0.253. The second kappa shape index (κ2) is 8.80. The van der Waals surface area contributed by atoms with Crippen LogP contribution in [-0.4, -0.2) is 37.1 Å². The molecule has 0 aliphatic heterocycles. The van der Waals surface area contributed by atoms with E-state index in [9.17, 15) is 0 Å². The van der Waals surface area contributed by atoms with Crippen molar-refractivity contribution in [2.24, 2.45) is 5.73 Å². The van der Waals surface area contributed by atoms with Crippen LogP contribution in [0.25, 0.3) is 0 Å². The Hall–Kier alpha value is 0.311. The number of allylic oxidation sites excluding steroid dienone is 1. The molecule has 24 heavy (non-hydrogen) atoms. The summed E-state index contributed by atoms with van der Waals surface area (Å²) < 4.78 is 6.29. The van der Waals surface area contributed by atoms with Crippen LogP contribution in [0.3, 0.4) is 0 Å². The fourth-order valence-corrected chi connectivity index (χ4v) is 7.06. The maximum absolute atomic E-state index is 6.38. The highest BCUT2D eigenvalue weighted by Gasteiger charge is 2.37. The molecular weight excluding hydrogens is 342 g/mol. The van der Waals surface area contributed by atoms with Crippen molar-refractivity contribution >= 4 is 24.5 Å². The fraction of sp³-hybridized carbons (Fsp3) is 0.895. The topological polar surface area (TPSA) is 35.2 Å². The third-order valence-electron chi connectivity index (χ3n) is 4.69. The average Bonchev–Trinajstić information content (AvgIpc) is 2.28. The first-order chi connectivity index (χ1) is 10.4. The van der Waals surface area contributed by atoms with Gasteiger partial charge in [0, 0.05) is 28.8 Å². The largest absolute Gasteiger partial charge is 0.415 e. The molecule has 0 aromatic carbocycles. The third kappa shape index (κ3) is 11.0. The second-order valence-electron chi connectivity index (χ2n) is 11.4. The molecule has 0 rings (SSSR count). The lowest BCUT2D eigenvalue weighted by Gasteiger charge is -2.36. The van der Waals surface area contributed by atoms with Gasteiger partial charge in [0.05, 0.1) is 0 Å². The highest BCUT2D eigenvalue weighted by Crippen LogP contribution is 2.36. The van der Waals surface area contributed by atoms with Crippen LogP contribution in [0.1, 0.15) is 27.2 Å². The van der Waals surface area contributed by atoms with E-state index in [4.69, 9.17) is 10.2 Å². The summed E-state index contributed by atoms with van der Waals surface area (Å²) >= 11 is 0. The van der Waals surface area contributed by atoms with Crippen LogP contribution in [0.15, 0.2) is 11.6 Å². The van der Waals surface area contributed by atoms with Crippen molar-refractivity contribution in [3.8, 4) is 0 Å². The van der Waals surface area contributed by atoms with E-state index in [1.54, 1.807) is 5.57 Å². The average molecular weight is 388 g/mol. The molecule has 0 saturated heterocycles. The number of rotatable bonds is 9. The molecule has 0 aliphatic carbocycles. The molecule has 0 radical (unpaired) electrons. The van der Waals surface area contributed by atoms with Crippen molar-refractivity contribution in [3.05, 3.63) is 11.6 Å². The Bertz CT molecular complexity index is 394. The first kappa shape index (κ1) is 24.3. The summed E-state index contributed by atoms with van der Waals surface area (Å²) in [6.45, 7) is 26.9. The summed E-state index contributed by atoms with van der Waals surface area (Å²) in [5.74, 6) is 0. The van der Waals surface area contributed by atoms with E-state index >= 15 is 0 Å². The molecule has 1 atom stereocenters. The molecule has 2 nitrogen and oxygen atoms in total. The van der Waals surface area contributed by atoms with E-state index in [-0.39, 0.29) is 11.1 Å². The van der Waals surface area contributed by atoms with Gasteiger partial charge in [0.25, 0.3) is 0 Å². The Morgan fingerprint density at radius 1 is 0.917 bits per heavy atom. The van der Waals surface area contributed by atoms with Crippen molar-refractivity contribution in [2.45, 2.75) is 103 Å². The minimum Gasteiger partial charge on any atom is -0.415 e. The van der Waals surface area contributed by atoms with Crippen molar-refractivity contribution in [1.82, 2.24) is 0 Å². The summed E-state index contributed by atoms with van der Waals surface area (Å²) in [6.07, 6.45) is 3.41. The number of hydrogen-bond acceptors (Lipinski definition) is 2. The molecule has 0 saturated carbocycles. The van der Waals surface area contributed by atoms with Crippen LogP contribution in [0.4, 0.5) is 0 Å². The van der Waals surface area contributed by atoms with Gasteiger partial charge in [0.1, 0.15) is 0 Å². The lowest BCUT2D eigenvalue weighted by molar-refractivity contribution is 0.263. The fourth-order valence-electron chi connectivity index (χ4n) is 2.49. The van der Waals surface area contributed by atoms with Gasteiger partial charge in [-0.15, -0.1) is 0 Å². The normalized spacial score (nSPS) is 15.3. The number of hydrogen-bond donors (Lipinski definition) is 1. The zero-order valence-electron chi connectivity index (χ0n) is 18.5. The monoisotopic (exact) mass is 387 g/mol. The van der Waals surface area contributed by atoms with E-state index in [1.165, 1.54) is 12.1 Å². The van der Waals surface area contributed by atoms with Gasteiger partial charge in [0.15, 0.2) is 8.32 Å². The van der Waals surface area contributed by atoms with Gasteiger partial charge in [-0.2, -0.15) is 0 Å². The second-order valence-corrected chi connectivity index (χ2v) is 27.2. The Morgan fingerprint density at radius 2 is 1.33 bits per heavy atom. The molecule has 5 heteroatoms. The van der Waals surface area contributed by atoms with E-state index in [0.717, 1.165) is 6.42 Å². The Labute approximate surface area is 155 Å². The first-order valence-corrected chi connectivity index (χ1v) is 19.8. The quantitative estimate of drug-likeness (QED) is 0.370. The summed E-state index contributed by atoms with van der Waals surface area (Å²) in [4.78, 5) is 0. The summed E-state index contributed by atoms with van der Waals surface area (Å²) in [6, 6.07) is 2.75. The molecule has 0 amide bonds. The van der Waals surface area contributed by atoms with Crippen LogP contribution in [0.5, 0.6) is 0 Å². The third-order valence-corrected chi connectivity index (χ3v) is 12.2. The molecule has 144 valence electrons. The van der Waals surface area contributed by atoms with E-state index in [0.29, 0.717) is 6.61 Å². The first-order valence-electron chi connectivity index (χ1n) is 9.50. The van der Waals surface area contributed by atoms with Gasteiger partial charge >= 0.3 is 0 Å². The Balaban J connectivity index is 4.77. The van der Waals surface area contributed by atoms with Crippen LogP contribution in [0, 0.1) is 0 Å². The van der Waals surface area contributed by atoms with Gasteiger partial charge in [-0.25, -0.2) is 0 Å². The zero-order chi connectivity index (χ0) is 19.4. The Kier molecular flexibility index (Phi) is 8.91. The highest BCUT2D eigenvalue weighted by molar-refractivity contribution is 6.78. The molecule has 2 N–H and O–H groups in total. The van der Waals surface area contributed by atoms with Crippen LogP contribution >= 0.6 is 0 Å². The molecule has 0 bridgehead atoms. The van der Waals surface area contributed by atoms with Crippen molar-refractivity contribution in [1.29, 1.82) is 0 Å². The van der Waals surface area contributed by atoms with Crippen LogP contribution < -0.4 is 5.73 Å². The SMILES string of the molecule is CC(C)(C)[Si](C)(C)OCC(N)CC=C(C[Si](C)(C)C)C[Si](C)(C)C. The molecule has 0 aromatic rings. The van der Waals surface area contributed by atoms with Gasteiger partial charge < -0.3 is 10.2 Å². The molecule has 1 unspecified atom stereocenters. The predicted octanol–water partition coefficient (Wildman–Crippen LogP) is 6.33. The van der Waals surface area contributed by atoms with E-state index in [2.05, 4.69) is 79.2 Å². The highest BCUT2D eigenvalue weighted by atomic mass is 28.4. The molecule has 0 heterocycles. The van der Waals surface area contributed by atoms with Gasteiger partial charge in [-0.3, -0.25) is 0 Å². The van der Waals surface area contributed by atoms with Crippen LogP contribution in [-0.2, 0) is 4.43 Å². The molecule has 0 aromatic heterocycles. The molecular formula is C19H45NOSi3. The standard InChI is InChI=1S/C19H45NOSi3/c1-19(2,3)24(10,11)21-14-18(20)13-12-17(15-22(4,5)6)16-23(7,8)9/h12,18H,13-16,20H2,1-11H3. The maximum Gasteiger partial charge on any atom is 0.192 e. The summed E-state index contributed by atoms with van der Waals surface area (Å²) in [7, 11) is -3.84. The molecule has 0 aliphatic rings. The molecule has 0 spiro atoms. The molecule has 0 fully saturated rings. The smallest absolute Gasteiger partial charge is 0.192 e. The van der Waals surface area contributed by atoms with E-state index in [1.807, 2.05) is 0 Å². The minimum atomic E-state index is -1.69. The maximum atomic E-state index is 6.38. The van der Waals surface area contributed by atoms with Crippen molar-refractivity contribution in [2.75, 3.05) is 6.61 Å². The predicted molar refractivity (Wildman–Crippen MR) is 120 cm³/mol. The zero-order valence-corrected chi connectivity index (χ0v) is 21.5. The van der Waals surface area contributed by atoms with Gasteiger partial charge in [-0.1, -0.05) is 71.7 Å². The van der Waals surface area contributed by atoms with Crippen molar-refractivity contribution < 1.29 is 4.43 Å². The lowest BCUT2D eigenvalue weighted by Crippen LogP contribution is -2.43.